The van der Waals surface area contributed by atoms with Gasteiger partial charge in [0.1, 0.15) is 0 Å². The van der Waals surface area contributed by atoms with Crippen LogP contribution in [0.1, 0.15) is 48.7 Å². The fraction of sp³-hybridized carbons (Fsp3) is 0.545. The van der Waals surface area contributed by atoms with Gasteiger partial charge in [0.25, 0.3) is 5.91 Å². The van der Waals surface area contributed by atoms with Gasteiger partial charge < -0.3 is 15.3 Å². The standard InChI is InChI=1S/C22H32N4O2/c1-3-26-17(2)21(15-24-26)18-8-10-19(11-9-18)22(28)23-14-20(27)16-25-12-6-4-5-7-13-25/h8-11,15,20,27H,3-7,12-14,16H2,1-2H3,(H,23,28)/t20-/m1/s1. The number of amides is 1. The number of likely N-dealkylation sites (tertiary alicyclic amines) is 1. The van der Waals surface area contributed by atoms with Crippen LogP contribution >= 0.6 is 0 Å². The van der Waals surface area contributed by atoms with Crippen molar-refractivity contribution < 1.29 is 9.90 Å². The maximum Gasteiger partial charge on any atom is 0.251 e. The smallest absolute Gasteiger partial charge is 0.251 e. The lowest BCUT2D eigenvalue weighted by molar-refractivity contribution is 0.0862. The highest BCUT2D eigenvalue weighted by Gasteiger charge is 2.15. The third-order valence-corrected chi connectivity index (χ3v) is 5.53. The van der Waals surface area contributed by atoms with Gasteiger partial charge in [-0.25, -0.2) is 0 Å². The third-order valence-electron chi connectivity index (χ3n) is 5.53. The van der Waals surface area contributed by atoms with E-state index in [2.05, 4.69) is 29.2 Å². The predicted molar refractivity (Wildman–Crippen MR) is 111 cm³/mol. The molecule has 0 unspecified atom stereocenters. The summed E-state index contributed by atoms with van der Waals surface area (Å²) in [5.74, 6) is -0.151. The first-order valence-corrected chi connectivity index (χ1v) is 10.4. The molecule has 1 aromatic heterocycles. The Labute approximate surface area is 167 Å². The Morgan fingerprint density at radius 3 is 2.46 bits per heavy atom. The molecule has 0 saturated carbocycles. The Balaban J connectivity index is 1.52. The van der Waals surface area contributed by atoms with E-state index in [-0.39, 0.29) is 12.5 Å². The summed E-state index contributed by atoms with van der Waals surface area (Å²) in [4.78, 5) is 14.7. The molecule has 1 amide bonds. The summed E-state index contributed by atoms with van der Waals surface area (Å²) in [5.41, 5.74) is 3.86. The first-order chi connectivity index (χ1) is 13.6. The van der Waals surface area contributed by atoms with Gasteiger partial charge in [0, 0.05) is 36.5 Å². The predicted octanol–water partition coefficient (Wildman–Crippen LogP) is 2.85. The Hall–Kier alpha value is -2.18. The molecular weight excluding hydrogens is 352 g/mol. The zero-order valence-electron chi connectivity index (χ0n) is 17.0. The van der Waals surface area contributed by atoms with Crippen molar-refractivity contribution in [3.8, 4) is 11.1 Å². The average molecular weight is 385 g/mol. The molecule has 1 fully saturated rings. The van der Waals surface area contributed by atoms with Crippen molar-refractivity contribution in [2.24, 2.45) is 0 Å². The molecule has 0 radical (unpaired) electrons. The number of carbonyl (C=O) groups is 1. The van der Waals surface area contributed by atoms with Crippen LogP contribution in [0.4, 0.5) is 0 Å². The van der Waals surface area contributed by atoms with E-state index in [9.17, 15) is 9.90 Å². The molecule has 2 heterocycles. The van der Waals surface area contributed by atoms with Crippen molar-refractivity contribution in [3.05, 3.63) is 41.7 Å². The van der Waals surface area contributed by atoms with E-state index in [4.69, 9.17) is 0 Å². The van der Waals surface area contributed by atoms with E-state index >= 15 is 0 Å². The van der Waals surface area contributed by atoms with E-state index in [1.165, 1.54) is 25.7 Å². The second-order valence-corrected chi connectivity index (χ2v) is 7.62. The van der Waals surface area contributed by atoms with Crippen molar-refractivity contribution in [1.29, 1.82) is 0 Å². The van der Waals surface area contributed by atoms with Gasteiger partial charge in [0.15, 0.2) is 0 Å². The molecular formula is C22H32N4O2. The minimum absolute atomic E-state index is 0.151. The van der Waals surface area contributed by atoms with E-state index in [0.29, 0.717) is 12.1 Å². The second kappa shape index (κ2) is 9.85. The lowest BCUT2D eigenvalue weighted by Crippen LogP contribution is -2.40. The van der Waals surface area contributed by atoms with Gasteiger partial charge in [-0.2, -0.15) is 5.10 Å². The Bertz CT molecular complexity index is 761. The topological polar surface area (TPSA) is 70.4 Å². The van der Waals surface area contributed by atoms with E-state index in [1.807, 2.05) is 35.1 Å². The van der Waals surface area contributed by atoms with Crippen molar-refractivity contribution >= 4 is 5.91 Å². The average Bonchev–Trinajstić information content (AvgIpc) is 2.90. The molecule has 152 valence electrons. The highest BCUT2D eigenvalue weighted by atomic mass is 16.3. The third kappa shape index (κ3) is 5.20. The Morgan fingerprint density at radius 2 is 1.86 bits per heavy atom. The Kier molecular flexibility index (Phi) is 7.23. The number of hydrogen-bond acceptors (Lipinski definition) is 4. The molecule has 6 heteroatoms. The van der Waals surface area contributed by atoms with Crippen LogP contribution in [0.3, 0.4) is 0 Å². The number of carbonyl (C=O) groups excluding carboxylic acids is 1. The zero-order chi connectivity index (χ0) is 19.9. The quantitative estimate of drug-likeness (QED) is 0.770. The lowest BCUT2D eigenvalue weighted by atomic mass is 10.0. The number of aliphatic hydroxyl groups is 1. The highest BCUT2D eigenvalue weighted by Crippen LogP contribution is 2.23. The number of aryl methyl sites for hydroxylation is 1. The zero-order valence-corrected chi connectivity index (χ0v) is 17.0. The number of benzene rings is 1. The molecule has 0 spiro atoms. The van der Waals surface area contributed by atoms with Crippen LogP contribution in [0.15, 0.2) is 30.5 Å². The van der Waals surface area contributed by atoms with E-state index in [0.717, 1.165) is 36.5 Å². The van der Waals surface area contributed by atoms with Gasteiger partial charge in [0.2, 0.25) is 0 Å². The van der Waals surface area contributed by atoms with Crippen molar-refractivity contribution in [3.63, 3.8) is 0 Å². The van der Waals surface area contributed by atoms with Crippen LogP contribution < -0.4 is 5.32 Å². The minimum atomic E-state index is -0.538. The maximum atomic E-state index is 12.4. The molecule has 2 N–H and O–H groups in total. The van der Waals surface area contributed by atoms with Crippen LogP contribution in [0.25, 0.3) is 11.1 Å². The van der Waals surface area contributed by atoms with Gasteiger partial charge in [-0.3, -0.25) is 9.48 Å². The largest absolute Gasteiger partial charge is 0.390 e. The van der Waals surface area contributed by atoms with Gasteiger partial charge in [-0.05, 0) is 57.5 Å². The van der Waals surface area contributed by atoms with E-state index < -0.39 is 6.10 Å². The lowest BCUT2D eigenvalue weighted by Gasteiger charge is -2.23. The first-order valence-electron chi connectivity index (χ1n) is 10.4. The summed E-state index contributed by atoms with van der Waals surface area (Å²) in [5, 5.41) is 17.5. The molecule has 6 nitrogen and oxygen atoms in total. The normalized spacial score (nSPS) is 16.5. The molecule has 1 aliphatic rings. The summed E-state index contributed by atoms with van der Waals surface area (Å²) in [7, 11) is 0. The molecule has 1 aliphatic heterocycles. The summed E-state index contributed by atoms with van der Waals surface area (Å²) in [6, 6.07) is 7.56. The molecule has 28 heavy (non-hydrogen) atoms. The highest BCUT2D eigenvalue weighted by molar-refractivity contribution is 5.94. The van der Waals surface area contributed by atoms with Crippen LogP contribution in [0.5, 0.6) is 0 Å². The summed E-state index contributed by atoms with van der Waals surface area (Å²) < 4.78 is 1.96. The van der Waals surface area contributed by atoms with Crippen LogP contribution in [0.2, 0.25) is 0 Å². The van der Waals surface area contributed by atoms with Gasteiger partial charge in [-0.15, -0.1) is 0 Å². The number of hydrogen-bond donors (Lipinski definition) is 2. The maximum absolute atomic E-state index is 12.4. The molecule has 1 atom stereocenters. The van der Waals surface area contributed by atoms with Crippen LogP contribution in [-0.2, 0) is 6.54 Å². The number of β-amino-alcohol motifs (C(OH)–C–C–N with tert-alkyl or cyclic N) is 1. The fourth-order valence-corrected chi connectivity index (χ4v) is 3.84. The molecule has 0 aliphatic carbocycles. The van der Waals surface area contributed by atoms with Crippen LogP contribution in [-0.4, -0.2) is 58.0 Å². The fourth-order valence-electron chi connectivity index (χ4n) is 3.84. The summed E-state index contributed by atoms with van der Waals surface area (Å²) >= 11 is 0. The van der Waals surface area contributed by atoms with Gasteiger partial charge in [0.05, 0.1) is 12.3 Å². The molecule has 1 saturated heterocycles. The molecule has 2 aromatic rings. The number of rotatable bonds is 7. The Morgan fingerprint density at radius 1 is 1.18 bits per heavy atom. The minimum Gasteiger partial charge on any atom is -0.390 e. The summed E-state index contributed by atoms with van der Waals surface area (Å²) in [6.07, 6.45) is 6.27. The number of nitrogens with one attached hydrogen (secondary N) is 1. The monoisotopic (exact) mass is 384 g/mol. The first kappa shape index (κ1) is 20.6. The SMILES string of the molecule is CCn1ncc(-c2ccc(C(=O)NC[C@@H](O)CN3CCCCCC3)cc2)c1C. The molecule has 1 aromatic carbocycles. The van der Waals surface area contributed by atoms with Crippen molar-refractivity contribution in [2.75, 3.05) is 26.2 Å². The molecule has 3 rings (SSSR count). The van der Waals surface area contributed by atoms with Crippen LogP contribution in [0, 0.1) is 6.92 Å². The number of aliphatic hydroxyl groups excluding tert-OH is 1. The van der Waals surface area contributed by atoms with Crippen molar-refractivity contribution in [2.45, 2.75) is 52.2 Å². The van der Waals surface area contributed by atoms with Gasteiger partial charge >= 0.3 is 0 Å². The number of aromatic nitrogens is 2. The van der Waals surface area contributed by atoms with Gasteiger partial charge in [-0.1, -0.05) is 25.0 Å². The number of nitrogens with zero attached hydrogens (tertiary/aromatic N) is 3. The van der Waals surface area contributed by atoms with E-state index in [1.54, 1.807) is 0 Å². The molecule has 0 bridgehead atoms. The summed E-state index contributed by atoms with van der Waals surface area (Å²) in [6.45, 7) is 7.95. The van der Waals surface area contributed by atoms with Crippen molar-refractivity contribution in [1.82, 2.24) is 20.0 Å². The second-order valence-electron chi connectivity index (χ2n) is 7.62.